The van der Waals surface area contributed by atoms with Gasteiger partial charge in [0.25, 0.3) is 0 Å². The van der Waals surface area contributed by atoms with Crippen molar-refractivity contribution in [3.05, 3.63) is 34.3 Å². The molecule has 0 aliphatic carbocycles. The third-order valence-electron chi connectivity index (χ3n) is 2.33. The van der Waals surface area contributed by atoms with Crippen LogP contribution in [0.4, 0.5) is 4.79 Å². The van der Waals surface area contributed by atoms with Crippen molar-refractivity contribution < 1.29 is 19.4 Å². The molecule has 1 aromatic carbocycles. The molecule has 0 radical (unpaired) electrons. The highest BCUT2D eigenvalue weighted by Crippen LogP contribution is 2.17. The SMILES string of the molecule is CC(C)(C)OC(=O)NC(CO)C(=O)c1ccccc1Br. The fraction of sp³-hybridized carbons (Fsp3) is 0.429. The van der Waals surface area contributed by atoms with Gasteiger partial charge >= 0.3 is 6.09 Å². The lowest BCUT2D eigenvalue weighted by Crippen LogP contribution is -2.45. The molecule has 1 rings (SSSR count). The van der Waals surface area contributed by atoms with Gasteiger partial charge in [-0.1, -0.05) is 34.1 Å². The van der Waals surface area contributed by atoms with Crippen LogP contribution in [-0.4, -0.2) is 35.2 Å². The number of Topliss-reactive ketones (excluding diaryl/α,β-unsaturated/α-hetero) is 1. The van der Waals surface area contributed by atoms with Crippen LogP contribution in [0.1, 0.15) is 31.1 Å². The molecule has 1 aromatic rings. The van der Waals surface area contributed by atoms with Crippen molar-refractivity contribution in [2.24, 2.45) is 0 Å². The molecule has 20 heavy (non-hydrogen) atoms. The zero-order valence-corrected chi connectivity index (χ0v) is 13.2. The summed E-state index contributed by atoms with van der Waals surface area (Å²) in [5, 5.41) is 11.7. The summed E-state index contributed by atoms with van der Waals surface area (Å²) >= 11 is 3.26. The van der Waals surface area contributed by atoms with Gasteiger partial charge in [-0.3, -0.25) is 4.79 Å². The van der Waals surface area contributed by atoms with Gasteiger partial charge in [0.15, 0.2) is 5.78 Å². The largest absolute Gasteiger partial charge is 0.444 e. The first-order chi connectivity index (χ1) is 9.24. The molecule has 1 unspecified atom stereocenters. The van der Waals surface area contributed by atoms with E-state index in [1.807, 2.05) is 0 Å². The predicted octanol–water partition coefficient (Wildman–Crippen LogP) is 2.52. The van der Waals surface area contributed by atoms with Crippen molar-refractivity contribution >= 4 is 27.8 Å². The van der Waals surface area contributed by atoms with Gasteiger partial charge in [0.1, 0.15) is 11.6 Å². The fourth-order valence-corrected chi connectivity index (χ4v) is 1.97. The van der Waals surface area contributed by atoms with E-state index >= 15 is 0 Å². The number of halogens is 1. The number of benzene rings is 1. The Morgan fingerprint density at radius 1 is 1.35 bits per heavy atom. The van der Waals surface area contributed by atoms with Gasteiger partial charge in [-0.25, -0.2) is 4.79 Å². The van der Waals surface area contributed by atoms with Crippen LogP contribution >= 0.6 is 15.9 Å². The average molecular weight is 344 g/mol. The molecular weight excluding hydrogens is 326 g/mol. The van der Waals surface area contributed by atoms with Crippen LogP contribution in [0.15, 0.2) is 28.7 Å². The molecule has 0 aliphatic heterocycles. The Hall–Kier alpha value is -1.40. The minimum absolute atomic E-state index is 0.383. The lowest BCUT2D eigenvalue weighted by atomic mass is 10.1. The summed E-state index contributed by atoms with van der Waals surface area (Å²) in [4.78, 5) is 23.9. The van der Waals surface area contributed by atoms with Gasteiger partial charge in [-0.15, -0.1) is 0 Å². The first-order valence-electron chi connectivity index (χ1n) is 6.13. The Balaban J connectivity index is 2.79. The van der Waals surface area contributed by atoms with E-state index in [2.05, 4.69) is 21.2 Å². The van der Waals surface area contributed by atoms with Gasteiger partial charge in [-0.2, -0.15) is 0 Å². The van der Waals surface area contributed by atoms with E-state index in [-0.39, 0.29) is 5.78 Å². The number of ketones is 1. The number of amides is 1. The number of hydrogen-bond acceptors (Lipinski definition) is 4. The first-order valence-corrected chi connectivity index (χ1v) is 6.93. The van der Waals surface area contributed by atoms with Crippen LogP contribution in [0.25, 0.3) is 0 Å². The van der Waals surface area contributed by atoms with Crippen molar-refractivity contribution in [1.82, 2.24) is 5.32 Å². The molecule has 0 spiro atoms. The molecule has 0 saturated carbocycles. The molecule has 0 aromatic heterocycles. The summed E-state index contributed by atoms with van der Waals surface area (Å²) in [5.74, 6) is -0.383. The molecule has 2 N–H and O–H groups in total. The number of hydrogen-bond donors (Lipinski definition) is 2. The summed E-state index contributed by atoms with van der Waals surface area (Å²) in [6.07, 6.45) is -0.739. The molecule has 0 saturated heterocycles. The minimum Gasteiger partial charge on any atom is -0.444 e. The van der Waals surface area contributed by atoms with Gasteiger partial charge in [0.2, 0.25) is 0 Å². The lowest BCUT2D eigenvalue weighted by Gasteiger charge is -2.22. The van der Waals surface area contributed by atoms with E-state index in [0.717, 1.165) is 0 Å². The van der Waals surface area contributed by atoms with E-state index in [1.165, 1.54) is 0 Å². The summed E-state index contributed by atoms with van der Waals surface area (Å²) in [7, 11) is 0. The molecular formula is C14H18BrNO4. The maximum atomic E-state index is 12.2. The van der Waals surface area contributed by atoms with E-state index in [1.54, 1.807) is 45.0 Å². The maximum absolute atomic E-state index is 12.2. The van der Waals surface area contributed by atoms with E-state index in [9.17, 15) is 14.7 Å². The Bertz CT molecular complexity index is 496. The molecule has 0 heterocycles. The monoisotopic (exact) mass is 343 g/mol. The second-order valence-electron chi connectivity index (χ2n) is 5.23. The molecule has 0 aliphatic rings. The minimum atomic E-state index is -1.04. The summed E-state index contributed by atoms with van der Waals surface area (Å²) in [6, 6.07) is 5.78. The number of ether oxygens (including phenoxy) is 1. The zero-order chi connectivity index (χ0) is 15.3. The van der Waals surface area contributed by atoms with Crippen molar-refractivity contribution in [3.8, 4) is 0 Å². The normalized spacial score (nSPS) is 12.7. The van der Waals surface area contributed by atoms with E-state index in [0.29, 0.717) is 10.0 Å². The highest BCUT2D eigenvalue weighted by molar-refractivity contribution is 9.10. The number of alkyl carbamates (subject to hydrolysis) is 1. The highest BCUT2D eigenvalue weighted by atomic mass is 79.9. The van der Waals surface area contributed by atoms with Crippen LogP contribution in [-0.2, 0) is 4.74 Å². The van der Waals surface area contributed by atoms with Gasteiger partial charge in [-0.05, 0) is 26.8 Å². The summed E-state index contributed by atoms with van der Waals surface area (Å²) in [6.45, 7) is 4.65. The number of carbonyl (C=O) groups excluding carboxylic acids is 2. The Morgan fingerprint density at radius 2 is 1.95 bits per heavy atom. The maximum Gasteiger partial charge on any atom is 0.408 e. The number of carbonyl (C=O) groups is 2. The lowest BCUT2D eigenvalue weighted by molar-refractivity contribution is 0.0467. The summed E-state index contributed by atoms with van der Waals surface area (Å²) < 4.78 is 5.67. The van der Waals surface area contributed by atoms with Crippen molar-refractivity contribution in [2.75, 3.05) is 6.61 Å². The molecule has 1 atom stereocenters. The standard InChI is InChI=1S/C14H18BrNO4/c1-14(2,3)20-13(19)16-11(8-17)12(18)9-6-4-5-7-10(9)15/h4-7,11,17H,8H2,1-3H3,(H,16,19). The molecule has 0 bridgehead atoms. The average Bonchev–Trinajstić information content (AvgIpc) is 2.33. The number of nitrogens with one attached hydrogen (secondary N) is 1. The molecule has 5 nitrogen and oxygen atoms in total. The van der Waals surface area contributed by atoms with Gasteiger partial charge in [0, 0.05) is 10.0 Å². The van der Waals surface area contributed by atoms with Gasteiger partial charge < -0.3 is 15.2 Å². The number of aliphatic hydroxyl groups excluding tert-OH is 1. The van der Waals surface area contributed by atoms with E-state index < -0.39 is 24.3 Å². The molecule has 0 fully saturated rings. The molecule has 1 amide bonds. The Kier molecular flexibility index (Phi) is 5.71. The van der Waals surface area contributed by atoms with Crippen molar-refractivity contribution in [3.63, 3.8) is 0 Å². The van der Waals surface area contributed by atoms with Gasteiger partial charge in [0.05, 0.1) is 6.61 Å². The van der Waals surface area contributed by atoms with Crippen LogP contribution in [0.5, 0.6) is 0 Å². The Morgan fingerprint density at radius 3 is 2.45 bits per heavy atom. The topological polar surface area (TPSA) is 75.6 Å². The second kappa shape index (κ2) is 6.85. The number of rotatable bonds is 4. The van der Waals surface area contributed by atoms with Crippen LogP contribution in [0, 0.1) is 0 Å². The van der Waals surface area contributed by atoms with Crippen molar-refractivity contribution in [1.29, 1.82) is 0 Å². The molecule has 110 valence electrons. The summed E-state index contributed by atoms with van der Waals surface area (Å²) in [5.41, 5.74) is -0.275. The van der Waals surface area contributed by atoms with Crippen LogP contribution < -0.4 is 5.32 Å². The second-order valence-corrected chi connectivity index (χ2v) is 6.08. The molecule has 6 heteroatoms. The quantitative estimate of drug-likeness (QED) is 0.823. The smallest absolute Gasteiger partial charge is 0.408 e. The third kappa shape index (κ3) is 4.94. The fourth-order valence-electron chi connectivity index (χ4n) is 1.49. The Labute approximate surface area is 126 Å². The highest BCUT2D eigenvalue weighted by Gasteiger charge is 2.25. The van der Waals surface area contributed by atoms with Crippen molar-refractivity contribution in [2.45, 2.75) is 32.4 Å². The predicted molar refractivity (Wildman–Crippen MR) is 78.7 cm³/mol. The number of aliphatic hydroxyl groups is 1. The van der Waals surface area contributed by atoms with Crippen LogP contribution in [0.3, 0.4) is 0 Å². The van der Waals surface area contributed by atoms with E-state index in [4.69, 9.17) is 4.74 Å². The zero-order valence-electron chi connectivity index (χ0n) is 11.6. The third-order valence-corrected chi connectivity index (χ3v) is 3.02. The van der Waals surface area contributed by atoms with Crippen LogP contribution in [0.2, 0.25) is 0 Å². The first kappa shape index (κ1) is 16.7.